The molecule has 1 N–H and O–H groups in total. The molecule has 1 spiro atoms. The highest BCUT2D eigenvalue weighted by Crippen LogP contribution is 2.41. The molecule has 2 fully saturated rings. The molecule has 2 aliphatic heterocycles. The van der Waals surface area contributed by atoms with Crippen LogP contribution in [0.15, 0.2) is 30.5 Å². The molecule has 0 aromatic carbocycles. The molecule has 0 radical (unpaired) electrons. The highest BCUT2D eigenvalue weighted by atomic mass is 16.2. The Morgan fingerprint density at radius 2 is 2.21 bits per heavy atom. The molecular weight excluding hydrogens is 306 g/mol. The smallest absolute Gasteiger partial charge is 0.274 e. The fourth-order valence-corrected chi connectivity index (χ4v) is 3.69. The van der Waals surface area contributed by atoms with Crippen molar-refractivity contribution in [2.45, 2.75) is 19.8 Å². The van der Waals surface area contributed by atoms with Gasteiger partial charge in [-0.15, -0.1) is 0 Å². The van der Waals surface area contributed by atoms with E-state index in [9.17, 15) is 9.59 Å². The molecule has 4 rings (SSSR count). The summed E-state index contributed by atoms with van der Waals surface area (Å²) in [4.78, 5) is 32.9. The molecule has 7 heteroatoms. The molecule has 124 valence electrons. The van der Waals surface area contributed by atoms with Gasteiger partial charge < -0.3 is 4.90 Å². The monoisotopic (exact) mass is 325 g/mol. The Hall–Kier alpha value is -2.70. The molecule has 1 atom stereocenters. The molecule has 2 aromatic rings. The largest absolute Gasteiger partial charge is 0.337 e. The molecule has 2 saturated heterocycles. The average Bonchev–Trinajstić information content (AvgIpc) is 3.28. The van der Waals surface area contributed by atoms with Crippen molar-refractivity contribution in [3.63, 3.8) is 0 Å². The number of hydrogen-bond acceptors (Lipinski definition) is 4. The van der Waals surface area contributed by atoms with E-state index in [1.54, 1.807) is 17.2 Å². The predicted octanol–water partition coefficient (Wildman–Crippen LogP) is 1.38. The third-order valence-electron chi connectivity index (χ3n) is 4.90. The van der Waals surface area contributed by atoms with Crippen LogP contribution in [-0.2, 0) is 4.79 Å². The van der Waals surface area contributed by atoms with Crippen LogP contribution in [-0.4, -0.2) is 51.5 Å². The van der Waals surface area contributed by atoms with Crippen LogP contribution in [0.25, 0.3) is 0 Å². The number of H-pyrrole nitrogens is 1. The van der Waals surface area contributed by atoms with Gasteiger partial charge >= 0.3 is 0 Å². The molecule has 0 aliphatic carbocycles. The molecule has 0 bridgehead atoms. The first kappa shape index (κ1) is 14.9. The Morgan fingerprint density at radius 1 is 1.33 bits per heavy atom. The van der Waals surface area contributed by atoms with Crippen molar-refractivity contribution in [2.24, 2.45) is 5.41 Å². The van der Waals surface area contributed by atoms with E-state index in [1.165, 1.54) is 0 Å². The van der Waals surface area contributed by atoms with Gasteiger partial charge in [-0.05, 0) is 31.5 Å². The molecule has 2 aliphatic rings. The topological polar surface area (TPSA) is 82.2 Å². The van der Waals surface area contributed by atoms with Crippen molar-refractivity contribution in [1.29, 1.82) is 0 Å². The van der Waals surface area contributed by atoms with Gasteiger partial charge in [-0.1, -0.05) is 6.07 Å². The second kappa shape index (κ2) is 5.43. The van der Waals surface area contributed by atoms with E-state index in [0.717, 1.165) is 12.1 Å². The highest BCUT2D eigenvalue weighted by molar-refractivity contribution is 5.96. The average molecular weight is 325 g/mol. The molecule has 0 unspecified atom stereocenters. The normalized spacial score (nSPS) is 23.5. The lowest BCUT2D eigenvalue weighted by Gasteiger charge is -2.23. The number of amides is 2. The van der Waals surface area contributed by atoms with Gasteiger partial charge in [-0.2, -0.15) is 5.10 Å². The van der Waals surface area contributed by atoms with Crippen molar-refractivity contribution < 1.29 is 9.59 Å². The van der Waals surface area contributed by atoms with E-state index >= 15 is 0 Å². The summed E-state index contributed by atoms with van der Waals surface area (Å²) in [6, 6.07) is 7.32. The number of hydrogen-bond donors (Lipinski definition) is 1. The maximum atomic E-state index is 12.6. The molecule has 2 amide bonds. The van der Waals surface area contributed by atoms with E-state index in [-0.39, 0.29) is 17.2 Å². The first-order valence-electron chi connectivity index (χ1n) is 8.09. The second-order valence-corrected chi connectivity index (χ2v) is 6.76. The number of nitrogens with zero attached hydrogens (tertiary/aromatic N) is 4. The summed E-state index contributed by atoms with van der Waals surface area (Å²) < 4.78 is 0. The summed E-state index contributed by atoms with van der Waals surface area (Å²) in [5.74, 6) is 0.700. The maximum Gasteiger partial charge on any atom is 0.274 e. The van der Waals surface area contributed by atoms with Crippen LogP contribution in [0.5, 0.6) is 0 Å². The van der Waals surface area contributed by atoms with Crippen LogP contribution in [0.3, 0.4) is 0 Å². The number of likely N-dealkylation sites (tertiary alicyclic amines) is 1. The van der Waals surface area contributed by atoms with Crippen LogP contribution >= 0.6 is 0 Å². The molecule has 7 nitrogen and oxygen atoms in total. The number of carbonyl (C=O) groups is 2. The number of pyridine rings is 1. The fraction of sp³-hybridized carbons (Fsp3) is 0.412. The number of aryl methyl sites for hydroxylation is 1. The van der Waals surface area contributed by atoms with Crippen LogP contribution in [0.2, 0.25) is 0 Å². The number of aromatic amines is 1. The third kappa shape index (κ3) is 2.46. The van der Waals surface area contributed by atoms with Gasteiger partial charge in [0.25, 0.3) is 5.91 Å². The van der Waals surface area contributed by atoms with Crippen molar-refractivity contribution in [1.82, 2.24) is 20.1 Å². The second-order valence-electron chi connectivity index (χ2n) is 6.76. The zero-order chi connectivity index (χ0) is 16.7. The van der Waals surface area contributed by atoms with Crippen molar-refractivity contribution >= 4 is 17.6 Å². The van der Waals surface area contributed by atoms with Crippen LogP contribution < -0.4 is 4.90 Å². The first-order valence-corrected chi connectivity index (χ1v) is 8.09. The Kier molecular flexibility index (Phi) is 3.37. The minimum atomic E-state index is -0.171. The van der Waals surface area contributed by atoms with Crippen LogP contribution in [0.4, 0.5) is 5.82 Å². The van der Waals surface area contributed by atoms with Gasteiger partial charge in [0, 0.05) is 43.4 Å². The lowest BCUT2D eigenvalue weighted by Crippen LogP contribution is -2.34. The van der Waals surface area contributed by atoms with E-state index in [2.05, 4.69) is 15.2 Å². The van der Waals surface area contributed by atoms with Gasteiger partial charge in [0.05, 0.1) is 0 Å². The third-order valence-corrected chi connectivity index (χ3v) is 4.90. The van der Waals surface area contributed by atoms with E-state index in [1.807, 2.05) is 30.0 Å². The first-order chi connectivity index (χ1) is 11.6. The Balaban J connectivity index is 1.50. The molecule has 2 aromatic heterocycles. The van der Waals surface area contributed by atoms with Crippen LogP contribution in [0.1, 0.15) is 29.0 Å². The van der Waals surface area contributed by atoms with E-state index < -0.39 is 0 Å². The summed E-state index contributed by atoms with van der Waals surface area (Å²) >= 11 is 0. The summed E-state index contributed by atoms with van der Waals surface area (Å²) in [6.45, 7) is 3.74. The lowest BCUT2D eigenvalue weighted by atomic mass is 9.86. The molecule has 24 heavy (non-hydrogen) atoms. The van der Waals surface area contributed by atoms with Gasteiger partial charge in [-0.3, -0.25) is 19.6 Å². The summed E-state index contributed by atoms with van der Waals surface area (Å²) in [5, 5.41) is 6.85. The van der Waals surface area contributed by atoms with E-state index in [0.29, 0.717) is 37.6 Å². The highest BCUT2D eigenvalue weighted by Gasteiger charge is 2.49. The Morgan fingerprint density at radius 3 is 2.92 bits per heavy atom. The number of carbonyl (C=O) groups excluding carboxylic acids is 2. The number of rotatable bonds is 2. The van der Waals surface area contributed by atoms with Gasteiger partial charge in [0.1, 0.15) is 11.5 Å². The zero-order valence-electron chi connectivity index (χ0n) is 13.5. The molecule has 4 heterocycles. The minimum Gasteiger partial charge on any atom is -0.337 e. The number of nitrogens with one attached hydrogen (secondary N) is 1. The van der Waals surface area contributed by atoms with Crippen molar-refractivity contribution in [3.05, 3.63) is 41.9 Å². The maximum absolute atomic E-state index is 12.6. The SMILES string of the molecule is Cc1cc(C(=O)N2CC[C@@]3(CC(=O)N(c4ccccn4)C3)C2)n[nH]1. The Bertz CT molecular complexity index is 787. The zero-order valence-corrected chi connectivity index (χ0v) is 13.5. The minimum absolute atomic E-state index is 0.0695. The van der Waals surface area contributed by atoms with Crippen molar-refractivity contribution in [3.8, 4) is 0 Å². The van der Waals surface area contributed by atoms with Gasteiger partial charge in [0.15, 0.2) is 0 Å². The molecule has 0 saturated carbocycles. The molecular formula is C17H19N5O2. The quantitative estimate of drug-likeness (QED) is 0.904. The lowest BCUT2D eigenvalue weighted by molar-refractivity contribution is -0.117. The Labute approximate surface area is 139 Å². The predicted molar refractivity (Wildman–Crippen MR) is 87.5 cm³/mol. The van der Waals surface area contributed by atoms with Crippen molar-refractivity contribution in [2.75, 3.05) is 24.5 Å². The van der Waals surface area contributed by atoms with Gasteiger partial charge in [-0.25, -0.2) is 4.98 Å². The number of aromatic nitrogens is 3. The number of anilines is 1. The van der Waals surface area contributed by atoms with Crippen LogP contribution in [0, 0.1) is 12.3 Å². The van der Waals surface area contributed by atoms with E-state index in [4.69, 9.17) is 0 Å². The summed E-state index contributed by atoms with van der Waals surface area (Å²) in [6.07, 6.45) is 2.99. The standard InChI is InChI=1S/C17H19N5O2/c1-12-8-13(20-19-12)16(24)21-7-5-17(10-21)9-15(23)22(11-17)14-4-2-3-6-18-14/h2-4,6,8H,5,7,9-11H2,1H3,(H,19,20)/t17-/m1/s1. The fourth-order valence-electron chi connectivity index (χ4n) is 3.69. The van der Waals surface area contributed by atoms with Gasteiger partial charge in [0.2, 0.25) is 5.91 Å². The summed E-state index contributed by atoms with van der Waals surface area (Å²) in [5.41, 5.74) is 1.13. The summed E-state index contributed by atoms with van der Waals surface area (Å²) in [7, 11) is 0.